The second-order valence-electron chi connectivity index (χ2n) is 9.97. The number of hydrogen-bond acceptors (Lipinski definition) is 7. The number of alkyl halides is 1. The van der Waals surface area contributed by atoms with Crippen LogP contribution in [0.3, 0.4) is 0 Å². The Morgan fingerprint density at radius 3 is 2.63 bits per heavy atom. The molecule has 9 nitrogen and oxygen atoms in total. The van der Waals surface area contributed by atoms with E-state index in [9.17, 15) is 14.8 Å². The highest BCUT2D eigenvalue weighted by atomic mass is 19.1. The van der Waals surface area contributed by atoms with Crippen LogP contribution < -0.4 is 20.1 Å². The monoisotopic (exact) mass is 582 g/mol. The molecular formula is C33H31FN4O5. The van der Waals surface area contributed by atoms with Gasteiger partial charge in [0.05, 0.1) is 13.2 Å². The number of methoxy groups -OCH3 is 1. The number of ether oxygens (including phenoxy) is 2. The number of amides is 2. The normalized spacial score (nSPS) is 20.7. The minimum Gasteiger partial charge on any atom is -0.497 e. The summed E-state index contributed by atoms with van der Waals surface area (Å²) in [7, 11) is 1.53. The summed E-state index contributed by atoms with van der Waals surface area (Å²) < 4.78 is 27.2. The maximum Gasteiger partial charge on any atom is 0.256 e. The van der Waals surface area contributed by atoms with E-state index < -0.39 is 29.4 Å². The van der Waals surface area contributed by atoms with Crippen molar-refractivity contribution in [3.63, 3.8) is 0 Å². The van der Waals surface area contributed by atoms with Gasteiger partial charge in [0.1, 0.15) is 28.6 Å². The third-order valence-corrected chi connectivity index (χ3v) is 7.22. The van der Waals surface area contributed by atoms with Crippen molar-refractivity contribution in [2.45, 2.75) is 12.2 Å². The molecule has 2 amide bonds. The molecule has 5 rings (SSSR count). The number of carbonyl (C=O) groups excluding carboxylic acids is 2. The van der Waals surface area contributed by atoms with Gasteiger partial charge in [-0.2, -0.15) is 0 Å². The van der Waals surface area contributed by atoms with Crippen molar-refractivity contribution >= 4 is 17.4 Å². The van der Waals surface area contributed by atoms with E-state index in [0.29, 0.717) is 17.1 Å². The zero-order valence-corrected chi connectivity index (χ0v) is 23.4. The number of hydrogen-bond donors (Lipinski definition) is 3. The van der Waals surface area contributed by atoms with Gasteiger partial charge in [0.2, 0.25) is 11.8 Å². The number of benzene rings is 2. The average Bonchev–Trinajstić information content (AvgIpc) is 3.04. The number of carbonyl (C=O) groups is 2. The maximum atomic E-state index is 16.1. The summed E-state index contributed by atoms with van der Waals surface area (Å²) in [5.74, 6) is -0.231. The predicted octanol–water partition coefficient (Wildman–Crippen LogP) is 4.85. The van der Waals surface area contributed by atoms with Crippen LogP contribution in [0.1, 0.15) is 15.9 Å². The van der Waals surface area contributed by atoms with Crippen LogP contribution in [-0.4, -0.2) is 59.5 Å². The quantitative estimate of drug-likeness (QED) is 0.313. The number of aromatic nitrogens is 1. The van der Waals surface area contributed by atoms with Crippen LogP contribution in [0.4, 0.5) is 4.39 Å². The van der Waals surface area contributed by atoms with Crippen LogP contribution in [0.15, 0.2) is 116 Å². The summed E-state index contributed by atoms with van der Waals surface area (Å²) in [5.41, 5.74) is -0.250. The third kappa shape index (κ3) is 6.65. The smallest absolute Gasteiger partial charge is 0.256 e. The molecule has 2 unspecified atom stereocenters. The first-order chi connectivity index (χ1) is 20.9. The van der Waals surface area contributed by atoms with Gasteiger partial charge in [-0.15, -0.1) is 0 Å². The van der Waals surface area contributed by atoms with E-state index >= 15 is 4.39 Å². The molecule has 0 bridgehead atoms. The molecule has 3 aromatic rings. The second-order valence-corrected chi connectivity index (χ2v) is 9.97. The van der Waals surface area contributed by atoms with Crippen LogP contribution in [0.5, 0.6) is 17.4 Å². The fourth-order valence-corrected chi connectivity index (χ4v) is 4.75. The number of pyridine rings is 1. The molecule has 1 aliphatic heterocycles. The standard InChI is InChI=1S/C33H31FN4O5/c1-42-26-12-7-13-27(20-26)43-31-28(14-8-17-35-31)30(39)37-22-33(32(40)36-21-25-11-5-6-18-38(25)41)16-15-24(19-29(33)34)23-9-3-2-4-10-23/h2-20,25,29,41H,21-22H2,1H3,(H,36,40)(H,37,39)/t25?,29-,33?/m1/s1. The van der Waals surface area contributed by atoms with Gasteiger partial charge in [-0.1, -0.05) is 60.7 Å². The SMILES string of the molecule is COc1cccc(Oc2ncccc2C(=O)NCC2(C(=O)NCC3C=CC=CN3O)C=CC(c3ccccc3)=C[C@H]2F)c1. The lowest BCUT2D eigenvalue weighted by Gasteiger charge is -2.35. The van der Waals surface area contributed by atoms with Gasteiger partial charge in [0, 0.05) is 31.6 Å². The van der Waals surface area contributed by atoms with E-state index in [1.807, 2.05) is 30.3 Å². The molecule has 0 fully saturated rings. The first-order valence-corrected chi connectivity index (χ1v) is 13.7. The molecule has 1 aliphatic carbocycles. The maximum absolute atomic E-state index is 16.1. The molecule has 0 saturated heterocycles. The highest BCUT2D eigenvalue weighted by Gasteiger charge is 2.45. The zero-order chi connectivity index (χ0) is 30.2. The molecule has 1 aromatic heterocycles. The molecule has 3 N–H and O–H groups in total. The highest BCUT2D eigenvalue weighted by Crippen LogP contribution is 2.36. The summed E-state index contributed by atoms with van der Waals surface area (Å²) >= 11 is 0. The van der Waals surface area contributed by atoms with Gasteiger partial charge in [-0.25, -0.2) is 9.37 Å². The number of nitrogens with one attached hydrogen (secondary N) is 2. The summed E-state index contributed by atoms with van der Waals surface area (Å²) in [4.78, 5) is 31.3. The van der Waals surface area contributed by atoms with E-state index in [0.717, 1.165) is 10.6 Å². The van der Waals surface area contributed by atoms with E-state index in [-0.39, 0.29) is 24.5 Å². The molecule has 2 heterocycles. The fraction of sp³-hybridized carbons (Fsp3) is 0.182. The second kappa shape index (κ2) is 13.2. The van der Waals surface area contributed by atoms with Crippen molar-refractivity contribution in [3.05, 3.63) is 127 Å². The van der Waals surface area contributed by atoms with E-state index in [2.05, 4.69) is 15.6 Å². The van der Waals surface area contributed by atoms with Gasteiger partial charge in [-0.05, 0) is 47.6 Å². The number of halogens is 1. The van der Waals surface area contributed by atoms with Crippen molar-refractivity contribution in [1.82, 2.24) is 20.7 Å². The summed E-state index contributed by atoms with van der Waals surface area (Å²) in [6, 6.07) is 18.7. The molecule has 0 saturated carbocycles. The van der Waals surface area contributed by atoms with Gasteiger partial charge in [0.15, 0.2) is 0 Å². The molecule has 2 aromatic carbocycles. The van der Waals surface area contributed by atoms with Crippen molar-refractivity contribution in [2.24, 2.45) is 5.41 Å². The highest BCUT2D eigenvalue weighted by molar-refractivity contribution is 5.97. The Morgan fingerprint density at radius 1 is 1.05 bits per heavy atom. The zero-order valence-electron chi connectivity index (χ0n) is 23.4. The molecule has 10 heteroatoms. The van der Waals surface area contributed by atoms with Gasteiger partial charge in [0.25, 0.3) is 5.91 Å². The summed E-state index contributed by atoms with van der Waals surface area (Å²) in [6.45, 7) is -0.340. The van der Waals surface area contributed by atoms with Crippen LogP contribution in [0.2, 0.25) is 0 Å². The molecule has 0 spiro atoms. The summed E-state index contributed by atoms with van der Waals surface area (Å²) in [5, 5.41) is 16.5. The lowest BCUT2D eigenvalue weighted by Crippen LogP contribution is -2.54. The van der Waals surface area contributed by atoms with Crippen molar-refractivity contribution < 1.29 is 28.7 Å². The predicted molar refractivity (Wildman–Crippen MR) is 159 cm³/mol. The number of allylic oxidation sites excluding steroid dienone is 5. The minimum absolute atomic E-state index is 0.0167. The lowest BCUT2D eigenvalue weighted by molar-refractivity contribution is -0.131. The Morgan fingerprint density at radius 2 is 1.86 bits per heavy atom. The van der Waals surface area contributed by atoms with E-state index in [1.54, 1.807) is 54.6 Å². The Bertz CT molecular complexity index is 1590. The van der Waals surface area contributed by atoms with Gasteiger partial charge in [-0.3, -0.25) is 19.9 Å². The van der Waals surface area contributed by atoms with Crippen molar-refractivity contribution in [3.8, 4) is 17.4 Å². The Labute approximate surface area is 248 Å². The number of nitrogens with zero attached hydrogens (tertiary/aromatic N) is 2. The Hall–Kier alpha value is -5.22. The van der Waals surface area contributed by atoms with Crippen molar-refractivity contribution in [1.29, 1.82) is 0 Å². The molecule has 43 heavy (non-hydrogen) atoms. The van der Waals surface area contributed by atoms with Crippen LogP contribution in [-0.2, 0) is 4.79 Å². The van der Waals surface area contributed by atoms with Crippen molar-refractivity contribution in [2.75, 3.05) is 20.2 Å². The molecular weight excluding hydrogens is 551 g/mol. The first-order valence-electron chi connectivity index (χ1n) is 13.7. The summed E-state index contributed by atoms with van der Waals surface area (Å²) in [6.07, 6.45) is 10.8. The molecule has 0 radical (unpaired) electrons. The average molecular weight is 583 g/mol. The molecule has 3 atom stereocenters. The van der Waals surface area contributed by atoms with E-state index in [1.165, 1.54) is 37.7 Å². The third-order valence-electron chi connectivity index (χ3n) is 7.22. The Kier molecular flexibility index (Phi) is 8.97. The lowest BCUT2D eigenvalue weighted by atomic mass is 9.76. The number of hydroxylamine groups is 2. The van der Waals surface area contributed by atoms with E-state index in [4.69, 9.17) is 9.47 Å². The molecule has 2 aliphatic rings. The number of rotatable bonds is 10. The topological polar surface area (TPSA) is 113 Å². The fourth-order valence-electron chi connectivity index (χ4n) is 4.75. The minimum atomic E-state index is -1.78. The first kappa shape index (κ1) is 29.3. The van der Waals surface area contributed by atoms with Crippen LogP contribution >= 0.6 is 0 Å². The van der Waals surface area contributed by atoms with Crippen LogP contribution in [0, 0.1) is 5.41 Å². The largest absolute Gasteiger partial charge is 0.497 e. The molecule has 220 valence electrons. The van der Waals surface area contributed by atoms with Crippen LogP contribution in [0.25, 0.3) is 5.57 Å². The Balaban J connectivity index is 1.37. The van der Waals surface area contributed by atoms with Gasteiger partial charge >= 0.3 is 0 Å². The van der Waals surface area contributed by atoms with Gasteiger partial charge < -0.3 is 20.1 Å².